The van der Waals surface area contributed by atoms with Crippen LogP contribution in [0.4, 0.5) is 8.78 Å². The summed E-state index contributed by atoms with van der Waals surface area (Å²) in [5.74, 6) is -4.06. The van der Waals surface area contributed by atoms with Gasteiger partial charge in [-0.3, -0.25) is 9.48 Å². The fourth-order valence-electron chi connectivity index (χ4n) is 4.72. The lowest BCUT2D eigenvalue weighted by Gasteiger charge is -2.23. The van der Waals surface area contributed by atoms with Crippen molar-refractivity contribution in [2.75, 3.05) is 46.2 Å². The molecule has 1 aliphatic carbocycles. The van der Waals surface area contributed by atoms with Gasteiger partial charge >= 0.3 is 0 Å². The van der Waals surface area contributed by atoms with Crippen LogP contribution in [0.2, 0.25) is 0 Å². The van der Waals surface area contributed by atoms with Crippen LogP contribution in [0.15, 0.2) is 10.6 Å². The Hall–Kier alpha value is -2.34. The zero-order valence-corrected chi connectivity index (χ0v) is 19.3. The summed E-state index contributed by atoms with van der Waals surface area (Å²) in [5, 5.41) is 7.28. The molecule has 0 aromatic carbocycles. The maximum absolute atomic E-state index is 14.9. The number of carbonyl (C=O) groups excluding carboxylic acids is 1. The Kier molecular flexibility index (Phi) is 6.45. The third kappa shape index (κ3) is 4.61. The standard InChI is InChI=1S/C23H29F2N3O6/c1-13-7-17-18(20-16(13)10-28(27-20)9-15-12-31-4-6-33-15)19(23(2,24)25)21(34-17)22(29)26-8-14-11-30-3-5-32-14/h10,13-15H,3-9,11-12H2,1-2H3,(H,26,29)/t13?,14-,15+/m1/s1. The molecule has 186 valence electrons. The number of rotatable bonds is 6. The third-order valence-corrected chi connectivity index (χ3v) is 6.33. The molecule has 4 heterocycles. The van der Waals surface area contributed by atoms with Crippen LogP contribution >= 0.6 is 0 Å². The molecule has 2 aliphatic heterocycles. The van der Waals surface area contributed by atoms with Crippen LogP contribution in [0.3, 0.4) is 0 Å². The van der Waals surface area contributed by atoms with Gasteiger partial charge < -0.3 is 28.7 Å². The molecule has 0 saturated carbocycles. The minimum Gasteiger partial charge on any atom is -0.455 e. The minimum atomic E-state index is -3.31. The van der Waals surface area contributed by atoms with Crippen molar-refractivity contribution in [3.05, 3.63) is 28.8 Å². The molecular weight excluding hydrogens is 452 g/mol. The minimum absolute atomic E-state index is 0.00653. The highest BCUT2D eigenvalue weighted by molar-refractivity contribution is 5.96. The predicted molar refractivity (Wildman–Crippen MR) is 115 cm³/mol. The first kappa shape index (κ1) is 23.4. The normalized spacial score (nSPS) is 25.0. The van der Waals surface area contributed by atoms with Crippen molar-refractivity contribution in [1.29, 1.82) is 0 Å². The van der Waals surface area contributed by atoms with Crippen LogP contribution in [0.1, 0.15) is 47.2 Å². The fourth-order valence-corrected chi connectivity index (χ4v) is 4.72. The van der Waals surface area contributed by atoms with E-state index in [4.69, 9.17) is 23.4 Å². The summed E-state index contributed by atoms with van der Waals surface area (Å²) in [6.45, 7) is 6.12. The second kappa shape index (κ2) is 9.37. The van der Waals surface area contributed by atoms with Crippen LogP contribution in [-0.2, 0) is 37.8 Å². The molecule has 1 unspecified atom stereocenters. The quantitative estimate of drug-likeness (QED) is 0.677. The summed E-state index contributed by atoms with van der Waals surface area (Å²) in [7, 11) is 0. The number of nitrogens with zero attached hydrogens (tertiary/aromatic N) is 2. The molecule has 2 aromatic heterocycles. The molecule has 9 nitrogen and oxygen atoms in total. The van der Waals surface area contributed by atoms with Crippen molar-refractivity contribution in [3.63, 3.8) is 0 Å². The molecule has 0 radical (unpaired) electrons. The van der Waals surface area contributed by atoms with E-state index in [0.29, 0.717) is 64.1 Å². The highest BCUT2D eigenvalue weighted by Gasteiger charge is 2.43. The molecular formula is C23H29F2N3O6. The number of aromatic nitrogens is 2. The van der Waals surface area contributed by atoms with E-state index < -0.39 is 17.4 Å². The smallest absolute Gasteiger partial charge is 0.287 e. The third-order valence-electron chi connectivity index (χ3n) is 6.33. The van der Waals surface area contributed by atoms with Crippen molar-refractivity contribution in [3.8, 4) is 11.3 Å². The summed E-state index contributed by atoms with van der Waals surface area (Å²) in [4.78, 5) is 12.9. The van der Waals surface area contributed by atoms with Crippen LogP contribution < -0.4 is 5.32 Å². The number of carbonyl (C=O) groups is 1. The maximum atomic E-state index is 14.9. The summed E-state index contributed by atoms with van der Waals surface area (Å²) in [5.41, 5.74) is 1.04. The summed E-state index contributed by atoms with van der Waals surface area (Å²) >= 11 is 0. The van der Waals surface area contributed by atoms with Gasteiger partial charge in [0.15, 0.2) is 0 Å². The summed E-state index contributed by atoms with van der Waals surface area (Å²) in [6.07, 6.45) is 1.77. The topological polar surface area (TPSA) is 97.0 Å². The molecule has 3 aliphatic rings. The zero-order valence-electron chi connectivity index (χ0n) is 19.3. The van der Waals surface area contributed by atoms with Gasteiger partial charge in [-0.1, -0.05) is 6.92 Å². The molecule has 5 rings (SSSR count). The summed E-state index contributed by atoms with van der Waals surface area (Å²) in [6, 6.07) is 0. The number of halogens is 2. The van der Waals surface area contributed by atoms with E-state index in [1.807, 2.05) is 13.1 Å². The number of alkyl halides is 2. The van der Waals surface area contributed by atoms with Gasteiger partial charge in [-0.2, -0.15) is 5.10 Å². The van der Waals surface area contributed by atoms with Crippen molar-refractivity contribution in [1.82, 2.24) is 15.1 Å². The van der Waals surface area contributed by atoms with Crippen molar-refractivity contribution in [2.45, 2.75) is 50.9 Å². The molecule has 2 saturated heterocycles. The Morgan fingerprint density at radius 1 is 1.18 bits per heavy atom. The van der Waals surface area contributed by atoms with E-state index in [1.165, 1.54) is 0 Å². The lowest BCUT2D eigenvalue weighted by molar-refractivity contribution is -0.0946. The van der Waals surface area contributed by atoms with E-state index in [2.05, 4.69) is 10.4 Å². The Morgan fingerprint density at radius 2 is 1.88 bits per heavy atom. The second-order valence-corrected chi connectivity index (χ2v) is 9.10. The van der Waals surface area contributed by atoms with Gasteiger partial charge in [0.25, 0.3) is 11.8 Å². The Labute approximate surface area is 195 Å². The van der Waals surface area contributed by atoms with Crippen molar-refractivity contribution in [2.24, 2.45) is 0 Å². The number of ether oxygens (including phenoxy) is 4. The predicted octanol–water partition coefficient (Wildman–Crippen LogP) is 2.48. The van der Waals surface area contributed by atoms with Crippen molar-refractivity contribution >= 4 is 5.91 Å². The molecule has 34 heavy (non-hydrogen) atoms. The van der Waals surface area contributed by atoms with E-state index >= 15 is 0 Å². The van der Waals surface area contributed by atoms with Gasteiger partial charge in [-0.15, -0.1) is 0 Å². The number of furan rings is 1. The average molecular weight is 481 g/mol. The van der Waals surface area contributed by atoms with Crippen LogP contribution in [0, 0.1) is 0 Å². The second-order valence-electron chi connectivity index (χ2n) is 9.10. The lowest BCUT2D eigenvalue weighted by Crippen LogP contribution is -2.40. The van der Waals surface area contributed by atoms with Gasteiger partial charge in [-0.25, -0.2) is 8.78 Å². The van der Waals surface area contributed by atoms with E-state index in [9.17, 15) is 13.6 Å². The van der Waals surface area contributed by atoms with Crippen LogP contribution in [-0.4, -0.2) is 74.1 Å². The largest absolute Gasteiger partial charge is 0.455 e. The average Bonchev–Trinajstić information content (AvgIpc) is 3.41. The molecule has 2 aromatic rings. The lowest BCUT2D eigenvalue weighted by atomic mass is 9.85. The number of hydrogen-bond donors (Lipinski definition) is 1. The fraction of sp³-hybridized carbons (Fsp3) is 0.652. The van der Waals surface area contributed by atoms with Crippen molar-refractivity contribution < 1.29 is 36.9 Å². The highest BCUT2D eigenvalue weighted by Crippen LogP contribution is 2.48. The molecule has 2 fully saturated rings. The van der Waals surface area contributed by atoms with Gasteiger partial charge in [-0.05, 0) is 5.92 Å². The van der Waals surface area contributed by atoms with E-state index in [0.717, 1.165) is 12.5 Å². The van der Waals surface area contributed by atoms with Gasteiger partial charge in [0, 0.05) is 31.6 Å². The van der Waals surface area contributed by atoms with Crippen LogP contribution in [0.5, 0.6) is 0 Å². The summed E-state index contributed by atoms with van der Waals surface area (Å²) < 4.78 is 59.3. The Morgan fingerprint density at radius 3 is 2.53 bits per heavy atom. The highest BCUT2D eigenvalue weighted by atomic mass is 19.3. The van der Waals surface area contributed by atoms with E-state index in [1.54, 1.807) is 4.68 Å². The number of amides is 1. The molecule has 1 amide bonds. The molecule has 3 atom stereocenters. The molecule has 1 N–H and O–H groups in total. The molecule has 0 spiro atoms. The molecule has 11 heteroatoms. The van der Waals surface area contributed by atoms with Crippen LogP contribution in [0.25, 0.3) is 11.3 Å². The Balaban J connectivity index is 1.45. The van der Waals surface area contributed by atoms with Gasteiger partial charge in [0.1, 0.15) is 11.9 Å². The first-order valence-electron chi connectivity index (χ1n) is 11.6. The first-order valence-corrected chi connectivity index (χ1v) is 11.6. The van der Waals surface area contributed by atoms with Gasteiger partial charge in [0.2, 0.25) is 5.76 Å². The monoisotopic (exact) mass is 481 g/mol. The van der Waals surface area contributed by atoms with E-state index in [-0.39, 0.29) is 36.0 Å². The number of fused-ring (bicyclic) bond motifs is 3. The molecule has 0 bridgehead atoms. The number of hydrogen-bond acceptors (Lipinski definition) is 7. The van der Waals surface area contributed by atoms with Gasteiger partial charge in [0.05, 0.1) is 69.1 Å². The first-order chi connectivity index (χ1) is 16.3. The zero-order chi connectivity index (χ0) is 23.9. The SMILES string of the molecule is CC1Cc2oc(C(=O)NC[C@@H]3COCCO3)c(C(C)(F)F)c2-c2nn(C[C@H]3COCCO3)cc21. The maximum Gasteiger partial charge on any atom is 0.287 e. The number of nitrogens with one attached hydrogen (secondary N) is 1. The Bertz CT molecular complexity index is 1030.